The molecule has 11 heteroatoms. The number of imidazole rings is 1. The molecule has 35 heavy (non-hydrogen) atoms. The molecule has 4 aromatic rings. The molecule has 7 nitrogen and oxygen atoms in total. The molecule has 0 N–H and O–H groups in total. The van der Waals surface area contributed by atoms with Gasteiger partial charge in [-0.1, -0.05) is 35.0 Å². The van der Waals surface area contributed by atoms with Gasteiger partial charge in [-0.25, -0.2) is 4.98 Å². The van der Waals surface area contributed by atoms with E-state index in [2.05, 4.69) is 15.1 Å². The third-order valence-electron chi connectivity index (χ3n) is 5.05. The fourth-order valence-corrected chi connectivity index (χ4v) is 3.78. The van der Waals surface area contributed by atoms with Gasteiger partial charge in [-0.3, -0.25) is 4.79 Å². The van der Waals surface area contributed by atoms with Crippen LogP contribution in [0.15, 0.2) is 41.2 Å². The van der Waals surface area contributed by atoms with E-state index in [9.17, 15) is 18.0 Å². The van der Waals surface area contributed by atoms with Crippen molar-refractivity contribution in [1.82, 2.24) is 19.5 Å². The molecule has 0 saturated heterocycles. The second-order valence-electron chi connectivity index (χ2n) is 9.09. The lowest BCUT2D eigenvalue weighted by atomic mass is 10.0. The van der Waals surface area contributed by atoms with Gasteiger partial charge in [-0.15, -0.1) is 0 Å². The number of esters is 1. The van der Waals surface area contributed by atoms with E-state index in [1.165, 1.54) is 10.6 Å². The first kappa shape index (κ1) is 24.7. The van der Waals surface area contributed by atoms with Crippen LogP contribution < -0.4 is 0 Å². The molecule has 0 radical (unpaired) electrons. The van der Waals surface area contributed by atoms with Crippen LogP contribution in [0, 0.1) is 6.92 Å². The zero-order valence-corrected chi connectivity index (χ0v) is 20.2. The van der Waals surface area contributed by atoms with Crippen molar-refractivity contribution in [3.63, 3.8) is 0 Å². The highest BCUT2D eigenvalue weighted by Gasteiger charge is 2.32. The Bertz CT molecular complexity index is 1400. The lowest BCUT2D eigenvalue weighted by molar-refractivity contribution is -0.154. The summed E-state index contributed by atoms with van der Waals surface area (Å²) in [4.78, 5) is 20.6. The molecule has 0 aliphatic carbocycles. The van der Waals surface area contributed by atoms with Gasteiger partial charge < -0.3 is 13.7 Å². The molecule has 0 spiro atoms. The topological polar surface area (TPSA) is 82.5 Å². The number of halogens is 4. The number of carbonyl (C=O) groups excluding carboxylic acids is 1. The summed E-state index contributed by atoms with van der Waals surface area (Å²) in [5.41, 5.74) is 1.44. The van der Waals surface area contributed by atoms with Crippen molar-refractivity contribution >= 4 is 23.2 Å². The number of nitrogens with zero attached hydrogens (tertiary/aromatic N) is 4. The zero-order valence-electron chi connectivity index (χ0n) is 19.4. The predicted octanol–water partition coefficient (Wildman–Crippen LogP) is 6.31. The lowest BCUT2D eigenvalue weighted by Crippen LogP contribution is -2.24. The Balaban J connectivity index is 1.54. The number of fused-ring (bicyclic) bond motifs is 1. The Morgan fingerprint density at radius 3 is 2.54 bits per heavy atom. The number of carbonyl (C=O) groups is 1. The van der Waals surface area contributed by atoms with Crippen molar-refractivity contribution in [1.29, 1.82) is 0 Å². The van der Waals surface area contributed by atoms with E-state index < -0.39 is 17.3 Å². The largest absolute Gasteiger partial charge is 0.460 e. The van der Waals surface area contributed by atoms with Crippen LogP contribution in [0.25, 0.3) is 28.6 Å². The van der Waals surface area contributed by atoms with Crippen LogP contribution in [0.2, 0.25) is 5.02 Å². The van der Waals surface area contributed by atoms with E-state index in [1.54, 1.807) is 0 Å². The van der Waals surface area contributed by atoms with E-state index in [1.807, 2.05) is 45.9 Å². The van der Waals surface area contributed by atoms with Gasteiger partial charge in [0.25, 0.3) is 5.89 Å². The minimum atomic E-state index is -4.55. The monoisotopic (exact) mass is 506 g/mol. The standard InChI is InChI=1S/C24H22ClF3N4O3/c1-13-9-14(6-8-19(33)34-23(2,3)4)5-7-16(13)20-30-22(35-31-20)18-12-32-11-15(24(26,27)28)10-17(25)21(32)29-18/h5,7,9-12H,6,8H2,1-4H3. The molecule has 0 aliphatic heterocycles. The molecule has 0 unspecified atom stereocenters. The van der Waals surface area contributed by atoms with E-state index in [0.29, 0.717) is 17.8 Å². The van der Waals surface area contributed by atoms with Crippen LogP contribution in [0.5, 0.6) is 0 Å². The Morgan fingerprint density at radius 2 is 1.89 bits per heavy atom. The van der Waals surface area contributed by atoms with Gasteiger partial charge in [0, 0.05) is 24.4 Å². The first-order chi connectivity index (χ1) is 16.3. The Kier molecular flexibility index (Phi) is 6.35. The van der Waals surface area contributed by atoms with Gasteiger partial charge in [0.15, 0.2) is 5.65 Å². The summed E-state index contributed by atoms with van der Waals surface area (Å²) in [5.74, 6) is 0.0778. The van der Waals surface area contributed by atoms with Crippen molar-refractivity contribution in [2.75, 3.05) is 0 Å². The molecule has 3 heterocycles. The SMILES string of the molecule is Cc1cc(CCC(=O)OC(C)(C)C)ccc1-c1noc(-c2cn3cc(C(F)(F)F)cc(Cl)c3n2)n1. The number of rotatable bonds is 5. The van der Waals surface area contributed by atoms with Crippen LogP contribution >= 0.6 is 11.6 Å². The van der Waals surface area contributed by atoms with Crippen molar-refractivity contribution in [2.45, 2.75) is 52.3 Å². The maximum atomic E-state index is 13.1. The normalized spacial score (nSPS) is 12.3. The molecule has 3 aromatic heterocycles. The average molecular weight is 507 g/mol. The molecule has 4 rings (SSSR count). The molecular weight excluding hydrogens is 485 g/mol. The Hall–Kier alpha value is -3.40. The molecule has 0 saturated carbocycles. The number of alkyl halides is 3. The molecule has 184 valence electrons. The van der Waals surface area contributed by atoms with Crippen molar-refractivity contribution in [2.24, 2.45) is 0 Å². The summed E-state index contributed by atoms with van der Waals surface area (Å²) in [5, 5.41) is 3.85. The molecule has 0 bridgehead atoms. The van der Waals surface area contributed by atoms with Crippen LogP contribution in [-0.4, -0.2) is 31.1 Å². The first-order valence-corrected chi connectivity index (χ1v) is 11.1. The van der Waals surface area contributed by atoms with Crippen LogP contribution in [0.3, 0.4) is 0 Å². The highest BCUT2D eigenvalue weighted by atomic mass is 35.5. The third kappa shape index (κ3) is 5.64. The molecule has 0 amide bonds. The minimum Gasteiger partial charge on any atom is -0.460 e. The lowest BCUT2D eigenvalue weighted by Gasteiger charge is -2.19. The number of ether oxygens (including phenoxy) is 1. The number of hydrogen-bond donors (Lipinski definition) is 0. The predicted molar refractivity (Wildman–Crippen MR) is 123 cm³/mol. The van der Waals surface area contributed by atoms with Crippen molar-refractivity contribution in [3.8, 4) is 23.0 Å². The minimum absolute atomic E-state index is 0.0433. The summed E-state index contributed by atoms with van der Waals surface area (Å²) in [6, 6.07) is 6.44. The fraction of sp³-hybridized carbons (Fsp3) is 0.333. The summed E-state index contributed by atoms with van der Waals surface area (Å²) < 4.78 is 51.1. The number of pyridine rings is 1. The number of benzene rings is 1. The molecule has 1 aromatic carbocycles. The summed E-state index contributed by atoms with van der Waals surface area (Å²) in [6.45, 7) is 7.35. The quantitative estimate of drug-likeness (QED) is 0.295. The van der Waals surface area contributed by atoms with E-state index in [0.717, 1.165) is 23.4 Å². The first-order valence-electron chi connectivity index (χ1n) is 10.7. The highest BCUT2D eigenvalue weighted by Crippen LogP contribution is 2.33. The van der Waals surface area contributed by atoms with Crippen LogP contribution in [-0.2, 0) is 22.1 Å². The van der Waals surface area contributed by atoms with Gasteiger partial charge in [0.05, 0.1) is 10.6 Å². The fourth-order valence-electron chi connectivity index (χ4n) is 3.52. The highest BCUT2D eigenvalue weighted by molar-refractivity contribution is 6.33. The number of hydrogen-bond acceptors (Lipinski definition) is 6. The molecular formula is C24H22ClF3N4O3. The van der Waals surface area contributed by atoms with E-state index >= 15 is 0 Å². The Morgan fingerprint density at radius 1 is 1.14 bits per heavy atom. The summed E-state index contributed by atoms with van der Waals surface area (Å²) in [7, 11) is 0. The van der Waals surface area contributed by atoms with Gasteiger partial charge in [0.1, 0.15) is 11.3 Å². The summed E-state index contributed by atoms with van der Waals surface area (Å²) >= 11 is 6.00. The second kappa shape index (κ2) is 8.99. The van der Waals surface area contributed by atoms with Crippen molar-refractivity contribution < 1.29 is 27.2 Å². The molecule has 0 atom stereocenters. The average Bonchev–Trinajstić information content (AvgIpc) is 3.37. The number of aryl methyl sites for hydroxylation is 2. The molecule has 0 aliphatic rings. The van der Waals surface area contributed by atoms with E-state index in [4.69, 9.17) is 20.9 Å². The maximum absolute atomic E-state index is 13.1. The van der Waals surface area contributed by atoms with Gasteiger partial charge >= 0.3 is 12.1 Å². The summed E-state index contributed by atoms with van der Waals surface area (Å²) in [6.07, 6.45) is -1.52. The number of aromatic nitrogens is 4. The third-order valence-corrected chi connectivity index (χ3v) is 5.33. The van der Waals surface area contributed by atoms with Gasteiger partial charge in [-0.05, 0) is 51.3 Å². The van der Waals surface area contributed by atoms with E-state index in [-0.39, 0.29) is 34.6 Å². The van der Waals surface area contributed by atoms with Crippen LogP contribution in [0.1, 0.15) is 43.9 Å². The van der Waals surface area contributed by atoms with Gasteiger partial charge in [0.2, 0.25) is 5.82 Å². The molecule has 0 fully saturated rings. The van der Waals surface area contributed by atoms with Crippen LogP contribution in [0.4, 0.5) is 13.2 Å². The van der Waals surface area contributed by atoms with Gasteiger partial charge in [-0.2, -0.15) is 18.2 Å². The maximum Gasteiger partial charge on any atom is 0.417 e. The van der Waals surface area contributed by atoms with Crippen molar-refractivity contribution in [3.05, 3.63) is 58.4 Å². The second-order valence-corrected chi connectivity index (χ2v) is 9.50. The Labute approximate surface area is 203 Å². The zero-order chi connectivity index (χ0) is 25.5. The smallest absolute Gasteiger partial charge is 0.417 e.